The first-order valence-corrected chi connectivity index (χ1v) is 9.92. The van der Waals surface area contributed by atoms with Gasteiger partial charge in [-0.05, 0) is 24.3 Å². The molecule has 1 aromatic rings. The van der Waals surface area contributed by atoms with Gasteiger partial charge in [-0.3, -0.25) is 9.69 Å². The SMILES string of the molecule is COc1ccc(C(=O)NC[C@@H](CO)N2CCN(S(C)(=O)=O)CC2)cc1. The second-order valence-corrected chi connectivity index (χ2v) is 7.96. The predicted octanol–water partition coefficient (Wildman–Crippen LogP) is -0.637. The van der Waals surface area contributed by atoms with E-state index in [-0.39, 0.29) is 18.6 Å². The lowest BCUT2D eigenvalue weighted by molar-refractivity contribution is 0.0803. The van der Waals surface area contributed by atoms with Crippen LogP contribution in [0.1, 0.15) is 10.4 Å². The zero-order valence-corrected chi connectivity index (χ0v) is 15.3. The molecule has 1 atom stereocenters. The minimum absolute atomic E-state index is 0.109. The zero-order valence-electron chi connectivity index (χ0n) is 14.5. The van der Waals surface area contributed by atoms with Gasteiger partial charge in [-0.25, -0.2) is 8.42 Å². The number of benzene rings is 1. The van der Waals surface area contributed by atoms with Crippen molar-refractivity contribution in [3.63, 3.8) is 0 Å². The molecule has 9 heteroatoms. The molecule has 140 valence electrons. The van der Waals surface area contributed by atoms with E-state index in [1.807, 2.05) is 4.90 Å². The van der Waals surface area contributed by atoms with Gasteiger partial charge < -0.3 is 15.2 Å². The van der Waals surface area contributed by atoms with Crippen LogP contribution in [0.5, 0.6) is 5.75 Å². The third-order valence-electron chi connectivity index (χ3n) is 4.32. The number of hydrogen-bond acceptors (Lipinski definition) is 6. The third-order valence-corrected chi connectivity index (χ3v) is 5.62. The minimum Gasteiger partial charge on any atom is -0.497 e. The number of nitrogens with one attached hydrogen (secondary N) is 1. The number of rotatable bonds is 7. The van der Waals surface area contributed by atoms with Crippen LogP contribution in [0, 0.1) is 0 Å². The smallest absolute Gasteiger partial charge is 0.251 e. The molecule has 1 aliphatic rings. The topological polar surface area (TPSA) is 99.2 Å². The van der Waals surface area contributed by atoms with Crippen molar-refractivity contribution in [1.29, 1.82) is 0 Å². The molecular formula is C16H25N3O5S. The lowest BCUT2D eigenvalue weighted by Crippen LogP contribution is -2.55. The van der Waals surface area contributed by atoms with Crippen LogP contribution >= 0.6 is 0 Å². The van der Waals surface area contributed by atoms with Crippen LogP contribution in [0.3, 0.4) is 0 Å². The first-order chi connectivity index (χ1) is 11.8. The van der Waals surface area contributed by atoms with Crippen LogP contribution in [0.15, 0.2) is 24.3 Å². The molecule has 1 fully saturated rings. The van der Waals surface area contributed by atoms with E-state index in [0.717, 1.165) is 0 Å². The Labute approximate surface area is 148 Å². The number of aliphatic hydroxyl groups is 1. The molecule has 1 amide bonds. The minimum atomic E-state index is -3.19. The average Bonchev–Trinajstić information content (AvgIpc) is 2.62. The Kier molecular flexibility index (Phi) is 6.77. The van der Waals surface area contributed by atoms with Crippen LogP contribution in [-0.2, 0) is 10.0 Å². The number of ether oxygens (including phenoxy) is 1. The normalized spacial score (nSPS) is 17.9. The highest BCUT2D eigenvalue weighted by Crippen LogP contribution is 2.12. The van der Waals surface area contributed by atoms with Crippen LogP contribution < -0.4 is 10.1 Å². The van der Waals surface area contributed by atoms with E-state index in [9.17, 15) is 18.3 Å². The molecule has 0 spiro atoms. The van der Waals surface area contributed by atoms with E-state index >= 15 is 0 Å². The molecule has 1 saturated heterocycles. The summed E-state index contributed by atoms with van der Waals surface area (Å²) in [4.78, 5) is 14.2. The van der Waals surface area contributed by atoms with Crippen LogP contribution in [0.4, 0.5) is 0 Å². The highest BCUT2D eigenvalue weighted by Gasteiger charge is 2.27. The Morgan fingerprint density at radius 2 is 1.84 bits per heavy atom. The van der Waals surface area contributed by atoms with Gasteiger partial charge in [0.05, 0.1) is 26.0 Å². The number of carbonyl (C=O) groups is 1. The fourth-order valence-electron chi connectivity index (χ4n) is 2.76. The Morgan fingerprint density at radius 1 is 1.24 bits per heavy atom. The fourth-order valence-corrected chi connectivity index (χ4v) is 3.59. The van der Waals surface area contributed by atoms with E-state index in [4.69, 9.17) is 4.74 Å². The van der Waals surface area contributed by atoms with Crippen molar-refractivity contribution in [3.8, 4) is 5.75 Å². The van der Waals surface area contributed by atoms with Crippen molar-refractivity contribution in [2.45, 2.75) is 6.04 Å². The first-order valence-electron chi connectivity index (χ1n) is 8.07. The summed E-state index contributed by atoms with van der Waals surface area (Å²) in [6.07, 6.45) is 1.20. The van der Waals surface area contributed by atoms with Crippen LogP contribution in [-0.4, -0.2) is 87.4 Å². The first kappa shape index (κ1) is 19.6. The molecule has 8 nitrogen and oxygen atoms in total. The molecule has 25 heavy (non-hydrogen) atoms. The molecule has 0 aromatic heterocycles. The van der Waals surface area contributed by atoms with Crippen molar-refractivity contribution in [3.05, 3.63) is 29.8 Å². The van der Waals surface area contributed by atoms with E-state index in [1.54, 1.807) is 31.4 Å². The summed E-state index contributed by atoms with van der Waals surface area (Å²) in [6.45, 7) is 2.01. The molecule has 1 aliphatic heterocycles. The van der Waals surface area contributed by atoms with Gasteiger partial charge >= 0.3 is 0 Å². The number of sulfonamides is 1. The third kappa shape index (κ3) is 5.40. The Balaban J connectivity index is 1.86. The summed E-state index contributed by atoms with van der Waals surface area (Å²) in [5, 5.41) is 12.4. The zero-order chi connectivity index (χ0) is 18.4. The van der Waals surface area contributed by atoms with Crippen molar-refractivity contribution in [2.24, 2.45) is 0 Å². The van der Waals surface area contributed by atoms with Gasteiger partial charge in [-0.1, -0.05) is 0 Å². The maximum Gasteiger partial charge on any atom is 0.251 e. The summed E-state index contributed by atoms with van der Waals surface area (Å²) in [6, 6.07) is 6.52. The van der Waals surface area contributed by atoms with Gasteiger partial charge in [0, 0.05) is 38.3 Å². The lowest BCUT2D eigenvalue weighted by Gasteiger charge is -2.37. The quantitative estimate of drug-likeness (QED) is 0.662. The fraction of sp³-hybridized carbons (Fsp3) is 0.562. The Morgan fingerprint density at radius 3 is 2.32 bits per heavy atom. The van der Waals surface area contributed by atoms with Gasteiger partial charge in [0.15, 0.2) is 0 Å². The summed E-state index contributed by atoms with van der Waals surface area (Å²) >= 11 is 0. The average molecular weight is 371 g/mol. The van der Waals surface area contributed by atoms with Crippen LogP contribution in [0.25, 0.3) is 0 Å². The monoisotopic (exact) mass is 371 g/mol. The molecule has 1 heterocycles. The lowest BCUT2D eigenvalue weighted by atomic mass is 10.2. The Bertz CT molecular complexity index is 670. The number of piperazine rings is 1. The molecule has 0 radical (unpaired) electrons. The summed E-state index contributed by atoms with van der Waals surface area (Å²) in [5.41, 5.74) is 0.513. The highest BCUT2D eigenvalue weighted by atomic mass is 32.2. The van der Waals surface area contributed by atoms with E-state index in [0.29, 0.717) is 44.0 Å². The molecule has 0 unspecified atom stereocenters. The Hall–Kier alpha value is -1.68. The number of amides is 1. The summed E-state index contributed by atoms with van der Waals surface area (Å²) in [7, 11) is -1.63. The predicted molar refractivity (Wildman–Crippen MR) is 94.2 cm³/mol. The summed E-state index contributed by atoms with van der Waals surface area (Å²) in [5.74, 6) is 0.449. The number of nitrogens with zero attached hydrogens (tertiary/aromatic N) is 2. The maximum absolute atomic E-state index is 12.2. The van der Waals surface area contributed by atoms with Gasteiger partial charge in [-0.15, -0.1) is 0 Å². The van der Waals surface area contributed by atoms with Gasteiger partial charge in [-0.2, -0.15) is 4.31 Å². The highest BCUT2D eigenvalue weighted by molar-refractivity contribution is 7.88. The van der Waals surface area contributed by atoms with Gasteiger partial charge in [0.25, 0.3) is 5.91 Å². The largest absolute Gasteiger partial charge is 0.497 e. The van der Waals surface area contributed by atoms with Crippen LogP contribution in [0.2, 0.25) is 0 Å². The molecule has 0 bridgehead atoms. The standard InChI is InChI=1S/C16H25N3O5S/c1-24-15-5-3-13(4-6-15)16(21)17-11-14(12-20)18-7-9-19(10-8-18)25(2,22)23/h3-6,14,20H,7-12H2,1-2H3,(H,17,21)/t14-/m0/s1. The second-order valence-electron chi connectivity index (χ2n) is 5.97. The second kappa shape index (κ2) is 8.61. The molecule has 2 N–H and O–H groups in total. The van der Waals surface area contributed by atoms with E-state index in [2.05, 4.69) is 5.32 Å². The van der Waals surface area contributed by atoms with Crippen molar-refractivity contribution >= 4 is 15.9 Å². The van der Waals surface area contributed by atoms with Crippen molar-refractivity contribution < 1.29 is 23.1 Å². The van der Waals surface area contributed by atoms with Crippen molar-refractivity contribution in [1.82, 2.24) is 14.5 Å². The maximum atomic E-state index is 12.2. The van der Waals surface area contributed by atoms with Gasteiger partial charge in [0.1, 0.15) is 5.75 Å². The summed E-state index contributed by atoms with van der Waals surface area (Å²) < 4.78 is 29.6. The molecule has 1 aromatic carbocycles. The number of aliphatic hydroxyl groups excluding tert-OH is 1. The molecule has 0 aliphatic carbocycles. The number of hydrogen-bond donors (Lipinski definition) is 2. The van der Waals surface area contributed by atoms with Crippen molar-refractivity contribution in [2.75, 3.05) is 52.7 Å². The van der Waals surface area contributed by atoms with Gasteiger partial charge in [0.2, 0.25) is 10.0 Å². The molecule has 2 rings (SSSR count). The number of methoxy groups -OCH3 is 1. The number of carbonyl (C=O) groups excluding carboxylic acids is 1. The molecule has 0 saturated carbocycles. The van der Waals surface area contributed by atoms with E-state index < -0.39 is 10.0 Å². The molecular weight excluding hydrogens is 346 g/mol. The van der Waals surface area contributed by atoms with E-state index in [1.165, 1.54) is 10.6 Å².